The smallest absolute Gasteiger partial charge is 0.193 e. The summed E-state index contributed by atoms with van der Waals surface area (Å²) in [5.74, 6) is 0.936. The van der Waals surface area contributed by atoms with Crippen LogP contribution in [-0.4, -0.2) is 47.8 Å². The number of benzene rings is 1. The average molecular weight is 285 g/mol. The Kier molecular flexibility index (Phi) is 5.37. The van der Waals surface area contributed by atoms with Crippen LogP contribution in [0.15, 0.2) is 47.7 Å². The number of aliphatic imine (C=N–C) groups is 1. The number of guanidine groups is 1. The van der Waals surface area contributed by atoms with Crippen LogP contribution in [0.1, 0.15) is 12.5 Å². The molecule has 1 aromatic heterocycles. The minimum Gasteiger partial charge on any atom is -0.357 e. The predicted molar refractivity (Wildman–Crippen MR) is 86.9 cm³/mol. The zero-order valence-electron chi connectivity index (χ0n) is 13.0. The number of aromatic nitrogens is 2. The van der Waals surface area contributed by atoms with Crippen molar-refractivity contribution in [3.8, 4) is 5.69 Å². The summed E-state index contributed by atoms with van der Waals surface area (Å²) in [5, 5.41) is 7.48. The van der Waals surface area contributed by atoms with Crippen LogP contribution in [0.3, 0.4) is 0 Å². The van der Waals surface area contributed by atoms with Gasteiger partial charge in [-0.3, -0.25) is 4.99 Å². The largest absolute Gasteiger partial charge is 0.357 e. The summed E-state index contributed by atoms with van der Waals surface area (Å²) in [6, 6.07) is 10.4. The summed E-state index contributed by atoms with van der Waals surface area (Å²) in [4.78, 5) is 6.60. The van der Waals surface area contributed by atoms with Crippen molar-refractivity contribution in [1.29, 1.82) is 0 Å². The molecule has 0 atom stereocenters. The van der Waals surface area contributed by atoms with Gasteiger partial charge in [0, 0.05) is 39.6 Å². The molecule has 0 aliphatic carbocycles. The van der Waals surface area contributed by atoms with Gasteiger partial charge in [0.05, 0.1) is 5.69 Å². The zero-order chi connectivity index (χ0) is 15.1. The molecule has 0 amide bonds. The first-order valence-corrected chi connectivity index (χ1v) is 7.25. The van der Waals surface area contributed by atoms with Crippen LogP contribution in [0.25, 0.3) is 5.69 Å². The van der Waals surface area contributed by atoms with E-state index in [4.69, 9.17) is 0 Å². The first kappa shape index (κ1) is 15.1. The van der Waals surface area contributed by atoms with E-state index in [0.29, 0.717) is 0 Å². The van der Waals surface area contributed by atoms with E-state index in [1.807, 2.05) is 35.9 Å². The molecule has 5 heteroatoms. The van der Waals surface area contributed by atoms with Gasteiger partial charge in [0.15, 0.2) is 5.96 Å². The maximum absolute atomic E-state index is 4.59. The van der Waals surface area contributed by atoms with Crippen molar-refractivity contribution < 1.29 is 0 Å². The summed E-state index contributed by atoms with van der Waals surface area (Å²) < 4.78 is 1.86. The molecule has 0 aliphatic heterocycles. The molecule has 0 bridgehead atoms. The van der Waals surface area contributed by atoms with Crippen molar-refractivity contribution in [3.05, 3.63) is 48.3 Å². The lowest BCUT2D eigenvalue weighted by Crippen LogP contribution is -2.36. The minimum atomic E-state index is 0.779. The summed E-state index contributed by atoms with van der Waals surface area (Å²) in [6.07, 6.45) is 4.66. The van der Waals surface area contributed by atoms with Crippen molar-refractivity contribution in [3.63, 3.8) is 0 Å². The fourth-order valence-corrected chi connectivity index (χ4v) is 2.04. The Hall–Kier alpha value is -2.30. The summed E-state index contributed by atoms with van der Waals surface area (Å²) in [6.45, 7) is 3.74. The monoisotopic (exact) mass is 285 g/mol. The van der Waals surface area contributed by atoms with Crippen LogP contribution < -0.4 is 5.32 Å². The highest BCUT2D eigenvalue weighted by molar-refractivity contribution is 5.79. The molecule has 112 valence electrons. The third-order valence-electron chi connectivity index (χ3n) is 3.13. The molecule has 21 heavy (non-hydrogen) atoms. The second kappa shape index (κ2) is 7.47. The van der Waals surface area contributed by atoms with Crippen molar-refractivity contribution in [2.75, 3.05) is 27.2 Å². The average Bonchev–Trinajstić information content (AvgIpc) is 3.01. The fraction of sp³-hybridized carbons (Fsp3) is 0.375. The lowest BCUT2D eigenvalue weighted by molar-refractivity contribution is 0.583. The van der Waals surface area contributed by atoms with Crippen molar-refractivity contribution >= 4 is 5.96 Å². The molecular formula is C16H23N5. The second-order valence-corrected chi connectivity index (χ2v) is 5.00. The van der Waals surface area contributed by atoms with Crippen LogP contribution in [0, 0.1) is 0 Å². The quantitative estimate of drug-likeness (QED) is 0.674. The van der Waals surface area contributed by atoms with Crippen LogP contribution in [0.2, 0.25) is 0 Å². The van der Waals surface area contributed by atoms with Gasteiger partial charge in [0.1, 0.15) is 0 Å². The first-order chi connectivity index (χ1) is 10.2. The van der Waals surface area contributed by atoms with Gasteiger partial charge in [-0.1, -0.05) is 12.1 Å². The van der Waals surface area contributed by atoms with E-state index < -0.39 is 0 Å². The lowest BCUT2D eigenvalue weighted by atomic mass is 10.1. The maximum atomic E-state index is 4.59. The Bertz CT molecular complexity index is 555. The summed E-state index contributed by atoms with van der Waals surface area (Å²) >= 11 is 0. The number of nitrogens with one attached hydrogen (secondary N) is 1. The Balaban J connectivity index is 1.93. The van der Waals surface area contributed by atoms with Crippen molar-refractivity contribution in [2.45, 2.75) is 13.3 Å². The van der Waals surface area contributed by atoms with E-state index in [9.17, 15) is 0 Å². The van der Waals surface area contributed by atoms with Gasteiger partial charge in [-0.15, -0.1) is 0 Å². The second-order valence-electron chi connectivity index (χ2n) is 5.00. The molecule has 0 saturated carbocycles. The lowest BCUT2D eigenvalue weighted by Gasteiger charge is -2.16. The Labute approximate surface area is 126 Å². The third-order valence-corrected chi connectivity index (χ3v) is 3.13. The number of hydrogen-bond donors (Lipinski definition) is 1. The predicted octanol–water partition coefficient (Wildman–Crippen LogP) is 1.94. The fourth-order valence-electron chi connectivity index (χ4n) is 2.04. The van der Waals surface area contributed by atoms with Gasteiger partial charge in [-0.25, -0.2) is 4.68 Å². The topological polar surface area (TPSA) is 45.5 Å². The molecule has 1 aromatic carbocycles. The molecule has 5 nitrogen and oxygen atoms in total. The van der Waals surface area contributed by atoms with E-state index >= 15 is 0 Å². The molecule has 2 aromatic rings. The molecule has 0 radical (unpaired) electrons. The van der Waals surface area contributed by atoms with E-state index in [0.717, 1.165) is 31.2 Å². The molecular weight excluding hydrogens is 262 g/mol. The molecule has 0 unspecified atom stereocenters. The SMILES string of the molecule is CCNC(=NCCc1ccc(-n2cccn2)cc1)N(C)C. The molecule has 0 aliphatic rings. The van der Waals surface area contributed by atoms with E-state index in [2.05, 4.69) is 46.6 Å². The summed E-state index contributed by atoms with van der Waals surface area (Å²) in [5.41, 5.74) is 2.36. The minimum absolute atomic E-state index is 0.779. The molecule has 1 N–H and O–H groups in total. The van der Waals surface area contributed by atoms with E-state index in [1.165, 1.54) is 5.56 Å². The third kappa shape index (κ3) is 4.34. The standard InChI is InChI=1S/C16H23N5/c1-4-17-16(20(2)3)18-12-10-14-6-8-15(9-7-14)21-13-5-11-19-21/h5-9,11,13H,4,10,12H2,1-3H3,(H,17,18). The number of rotatable bonds is 5. The van der Waals surface area contributed by atoms with Crippen molar-refractivity contribution in [2.24, 2.45) is 4.99 Å². The van der Waals surface area contributed by atoms with Gasteiger partial charge in [0.2, 0.25) is 0 Å². The van der Waals surface area contributed by atoms with Gasteiger partial charge >= 0.3 is 0 Å². The Morgan fingerprint density at radius 3 is 2.62 bits per heavy atom. The Morgan fingerprint density at radius 2 is 2.05 bits per heavy atom. The van der Waals surface area contributed by atoms with Crippen molar-refractivity contribution in [1.82, 2.24) is 20.0 Å². The van der Waals surface area contributed by atoms with Crippen LogP contribution in [-0.2, 0) is 6.42 Å². The van der Waals surface area contributed by atoms with E-state index in [1.54, 1.807) is 6.20 Å². The van der Waals surface area contributed by atoms with Gasteiger partial charge in [-0.05, 0) is 37.1 Å². The van der Waals surface area contributed by atoms with Crippen LogP contribution in [0.4, 0.5) is 0 Å². The van der Waals surface area contributed by atoms with E-state index in [-0.39, 0.29) is 0 Å². The highest BCUT2D eigenvalue weighted by atomic mass is 15.3. The number of nitrogens with zero attached hydrogens (tertiary/aromatic N) is 4. The molecule has 0 saturated heterocycles. The molecule has 1 heterocycles. The Morgan fingerprint density at radius 1 is 1.29 bits per heavy atom. The number of hydrogen-bond acceptors (Lipinski definition) is 2. The highest BCUT2D eigenvalue weighted by Gasteiger charge is 2.00. The normalized spacial score (nSPS) is 11.5. The molecule has 0 spiro atoms. The van der Waals surface area contributed by atoms with Gasteiger partial charge < -0.3 is 10.2 Å². The summed E-state index contributed by atoms with van der Waals surface area (Å²) in [7, 11) is 4.00. The van der Waals surface area contributed by atoms with Crippen LogP contribution >= 0.6 is 0 Å². The highest BCUT2D eigenvalue weighted by Crippen LogP contribution is 2.09. The maximum Gasteiger partial charge on any atom is 0.193 e. The van der Waals surface area contributed by atoms with Gasteiger partial charge in [0.25, 0.3) is 0 Å². The van der Waals surface area contributed by atoms with Gasteiger partial charge in [-0.2, -0.15) is 5.10 Å². The van der Waals surface area contributed by atoms with Crippen LogP contribution in [0.5, 0.6) is 0 Å². The molecule has 2 rings (SSSR count). The first-order valence-electron chi connectivity index (χ1n) is 7.25. The molecule has 0 fully saturated rings. The zero-order valence-corrected chi connectivity index (χ0v) is 13.0.